The second-order valence-electron chi connectivity index (χ2n) is 7.48. The molecule has 0 fully saturated rings. The first kappa shape index (κ1) is 26.1. The Hall–Kier alpha value is -3.16. The maximum Gasteiger partial charge on any atom is 0.437 e. The predicted molar refractivity (Wildman–Crippen MR) is 122 cm³/mol. The lowest BCUT2D eigenvalue weighted by Gasteiger charge is -2.19. The highest BCUT2D eigenvalue weighted by atomic mass is 19.4. The maximum atomic E-state index is 13.0. The fraction of sp³-hybridized carbons (Fsp3) is 0.400. The summed E-state index contributed by atoms with van der Waals surface area (Å²) in [4.78, 5) is 4.31. The molecule has 0 radical (unpaired) electrons. The van der Waals surface area contributed by atoms with Crippen LogP contribution in [0.4, 0.5) is 13.2 Å². The van der Waals surface area contributed by atoms with Crippen LogP contribution < -0.4 is 14.2 Å². The number of rotatable bonds is 11. The first-order chi connectivity index (χ1) is 15.7. The van der Waals surface area contributed by atoms with Crippen LogP contribution in [0.2, 0.25) is 0 Å². The van der Waals surface area contributed by atoms with E-state index in [4.69, 9.17) is 14.2 Å². The molecule has 2 rings (SSSR count). The molecule has 2 aromatic rings. The topological polar surface area (TPSA) is 49.3 Å². The van der Waals surface area contributed by atoms with Gasteiger partial charge in [0.05, 0.1) is 12.7 Å². The maximum absolute atomic E-state index is 13.0. The van der Waals surface area contributed by atoms with Crippen LogP contribution in [0, 0.1) is 13.8 Å². The molecule has 2 aromatic carbocycles. The van der Waals surface area contributed by atoms with E-state index >= 15 is 0 Å². The minimum absolute atomic E-state index is 0.0995. The number of ether oxygens (including phenoxy) is 3. The Kier molecular flexibility index (Phi) is 9.63. The third kappa shape index (κ3) is 8.04. The van der Waals surface area contributed by atoms with Crippen LogP contribution in [0.15, 0.2) is 53.7 Å². The van der Waals surface area contributed by atoms with E-state index in [1.54, 1.807) is 0 Å². The van der Waals surface area contributed by atoms with Gasteiger partial charge in [0, 0.05) is 12.0 Å². The Balaban J connectivity index is 1.90. The fourth-order valence-electron chi connectivity index (χ4n) is 3.09. The molecule has 5 nitrogen and oxygen atoms in total. The van der Waals surface area contributed by atoms with Crippen LogP contribution in [0.25, 0.3) is 0 Å². The fourth-order valence-corrected chi connectivity index (χ4v) is 3.09. The summed E-state index contributed by atoms with van der Waals surface area (Å²) in [5.41, 5.74) is 0.763. The molecule has 0 aromatic heterocycles. The predicted octanol–water partition coefficient (Wildman–Crippen LogP) is 6.41. The average molecular weight is 466 g/mol. The SMILES string of the molecule is C/C=C/COc1cc(C)c(OC(C)CCOc2ccc(C(=NOC)C(F)(F)F)cc2)c(C)c1. The monoisotopic (exact) mass is 465 g/mol. The number of oxime groups is 1. The number of alkyl halides is 3. The molecule has 0 spiro atoms. The van der Waals surface area contributed by atoms with Crippen LogP contribution in [0.1, 0.15) is 37.0 Å². The van der Waals surface area contributed by atoms with Crippen molar-refractivity contribution in [2.45, 2.75) is 46.4 Å². The minimum atomic E-state index is -4.61. The lowest BCUT2D eigenvalue weighted by molar-refractivity contribution is -0.0608. The van der Waals surface area contributed by atoms with Crippen LogP contribution in [0.5, 0.6) is 17.2 Å². The molecule has 0 saturated heterocycles. The highest BCUT2D eigenvalue weighted by molar-refractivity contribution is 6.04. The molecule has 0 aliphatic heterocycles. The Morgan fingerprint density at radius 2 is 1.67 bits per heavy atom. The highest BCUT2D eigenvalue weighted by Gasteiger charge is 2.37. The molecule has 1 unspecified atom stereocenters. The largest absolute Gasteiger partial charge is 0.493 e. The second-order valence-corrected chi connectivity index (χ2v) is 7.48. The Morgan fingerprint density at radius 3 is 2.21 bits per heavy atom. The summed E-state index contributed by atoms with van der Waals surface area (Å²) in [5.74, 6) is 2.06. The summed E-state index contributed by atoms with van der Waals surface area (Å²) in [5, 5.41) is 3.08. The second kappa shape index (κ2) is 12.2. The average Bonchev–Trinajstić information content (AvgIpc) is 2.75. The lowest BCUT2D eigenvalue weighted by Crippen LogP contribution is -2.24. The van der Waals surface area contributed by atoms with Gasteiger partial charge in [0.1, 0.15) is 31.0 Å². The van der Waals surface area contributed by atoms with E-state index in [2.05, 4.69) is 9.99 Å². The van der Waals surface area contributed by atoms with Gasteiger partial charge in [-0.2, -0.15) is 13.2 Å². The quantitative estimate of drug-likeness (QED) is 0.219. The van der Waals surface area contributed by atoms with Crippen molar-refractivity contribution in [1.29, 1.82) is 0 Å². The summed E-state index contributed by atoms with van der Waals surface area (Å²) >= 11 is 0. The van der Waals surface area contributed by atoms with E-state index in [9.17, 15) is 13.2 Å². The van der Waals surface area contributed by atoms with Gasteiger partial charge in [-0.05, 0) is 75.2 Å². The third-order valence-electron chi connectivity index (χ3n) is 4.71. The molecule has 8 heteroatoms. The van der Waals surface area contributed by atoms with E-state index in [1.807, 2.05) is 52.0 Å². The normalized spacial score (nSPS) is 13.2. The molecule has 0 aliphatic carbocycles. The molecule has 1 atom stereocenters. The zero-order valence-corrected chi connectivity index (χ0v) is 19.5. The van der Waals surface area contributed by atoms with Crippen LogP contribution >= 0.6 is 0 Å². The molecule has 0 amide bonds. The number of benzene rings is 2. The van der Waals surface area contributed by atoms with Crippen LogP contribution in [-0.2, 0) is 4.84 Å². The Morgan fingerprint density at radius 1 is 1.03 bits per heavy atom. The molecule has 180 valence electrons. The van der Waals surface area contributed by atoms with Gasteiger partial charge in [0.15, 0.2) is 5.71 Å². The van der Waals surface area contributed by atoms with Crippen molar-refractivity contribution in [2.24, 2.45) is 5.16 Å². The standard InChI is InChI=1S/C25H30F3NO4/c1-6-7-13-31-22-15-17(2)23(18(3)16-22)33-19(4)12-14-32-21-10-8-20(9-11-21)24(29-30-5)25(26,27)28/h6-11,15-16,19H,12-14H2,1-5H3/b7-6+,29-24?. The zero-order chi connectivity index (χ0) is 24.4. The van der Waals surface area contributed by atoms with Crippen LogP contribution in [0.3, 0.4) is 0 Å². The first-order valence-corrected chi connectivity index (χ1v) is 10.6. The van der Waals surface area contributed by atoms with Gasteiger partial charge in [-0.15, -0.1) is 0 Å². The molecular formula is C25H30F3NO4. The molecule has 0 bridgehead atoms. The third-order valence-corrected chi connectivity index (χ3v) is 4.71. The Labute approximate surface area is 192 Å². The summed E-state index contributed by atoms with van der Waals surface area (Å²) < 4.78 is 56.6. The van der Waals surface area contributed by atoms with E-state index < -0.39 is 11.9 Å². The summed E-state index contributed by atoms with van der Waals surface area (Å²) in [6.45, 7) is 8.69. The van der Waals surface area contributed by atoms with Gasteiger partial charge < -0.3 is 19.0 Å². The number of nitrogens with zero attached hydrogens (tertiary/aromatic N) is 1. The smallest absolute Gasteiger partial charge is 0.437 e. The van der Waals surface area contributed by atoms with Gasteiger partial charge in [-0.3, -0.25) is 0 Å². The summed E-state index contributed by atoms with van der Waals surface area (Å²) in [6, 6.07) is 9.43. The number of halogens is 3. The van der Waals surface area contributed by atoms with Crippen LogP contribution in [-0.4, -0.2) is 38.3 Å². The van der Waals surface area contributed by atoms with Gasteiger partial charge >= 0.3 is 6.18 Å². The molecular weight excluding hydrogens is 435 g/mol. The molecule has 0 N–H and O–H groups in total. The van der Waals surface area contributed by atoms with Crippen molar-refractivity contribution in [1.82, 2.24) is 0 Å². The van der Waals surface area contributed by atoms with Gasteiger partial charge in [0.2, 0.25) is 0 Å². The van der Waals surface area contributed by atoms with Crippen molar-refractivity contribution in [3.63, 3.8) is 0 Å². The van der Waals surface area contributed by atoms with Crippen molar-refractivity contribution >= 4 is 5.71 Å². The number of allylic oxidation sites excluding steroid dienone is 1. The van der Waals surface area contributed by atoms with Crippen molar-refractivity contribution < 1.29 is 32.2 Å². The first-order valence-electron chi connectivity index (χ1n) is 10.6. The lowest BCUT2D eigenvalue weighted by atomic mass is 10.1. The van der Waals surface area contributed by atoms with Crippen molar-refractivity contribution in [3.05, 3.63) is 65.2 Å². The van der Waals surface area contributed by atoms with Gasteiger partial charge in [-0.25, -0.2) is 0 Å². The molecule has 33 heavy (non-hydrogen) atoms. The molecule has 0 heterocycles. The van der Waals surface area contributed by atoms with Gasteiger partial charge in [-0.1, -0.05) is 17.3 Å². The van der Waals surface area contributed by atoms with Crippen molar-refractivity contribution in [3.8, 4) is 17.2 Å². The van der Waals surface area contributed by atoms with Crippen molar-refractivity contribution in [2.75, 3.05) is 20.3 Å². The number of hydrogen-bond acceptors (Lipinski definition) is 5. The van der Waals surface area contributed by atoms with E-state index in [0.29, 0.717) is 25.4 Å². The Bertz CT molecular complexity index is 930. The summed E-state index contributed by atoms with van der Waals surface area (Å²) in [6.07, 6.45) is -0.267. The van der Waals surface area contributed by atoms with E-state index in [1.165, 1.54) is 24.3 Å². The minimum Gasteiger partial charge on any atom is -0.493 e. The van der Waals surface area contributed by atoms with E-state index in [0.717, 1.165) is 29.7 Å². The van der Waals surface area contributed by atoms with Gasteiger partial charge in [0.25, 0.3) is 0 Å². The number of aryl methyl sites for hydroxylation is 2. The molecule has 0 aliphatic rings. The number of hydrogen-bond donors (Lipinski definition) is 0. The van der Waals surface area contributed by atoms with E-state index in [-0.39, 0.29) is 11.7 Å². The summed E-state index contributed by atoms with van der Waals surface area (Å²) in [7, 11) is 1.07. The zero-order valence-electron chi connectivity index (χ0n) is 19.5. The highest BCUT2D eigenvalue weighted by Crippen LogP contribution is 2.30. The molecule has 0 saturated carbocycles.